The van der Waals surface area contributed by atoms with Crippen molar-refractivity contribution < 1.29 is 14.3 Å². The average molecular weight is 390 g/mol. The maximum absolute atomic E-state index is 12.9. The molecule has 4 aromatic rings. The normalized spacial score (nSPS) is 10.8. The standard InChI is InChI=1S/C22H18N2O3S/c1-27-19-10-5-3-8-17(19)23-21(25)14-24-13-16(15-7-2-4-9-18(15)24)22(26)20-11-6-12-28-20/h2-13H,14H2,1H3,(H,23,25). The number of rotatable bonds is 6. The monoisotopic (exact) mass is 390 g/mol. The Balaban J connectivity index is 1.64. The number of nitrogens with one attached hydrogen (secondary N) is 1. The van der Waals surface area contributed by atoms with Crippen LogP contribution in [0.4, 0.5) is 5.69 Å². The van der Waals surface area contributed by atoms with Gasteiger partial charge < -0.3 is 14.6 Å². The van der Waals surface area contributed by atoms with Crippen LogP contribution in [0, 0.1) is 0 Å². The summed E-state index contributed by atoms with van der Waals surface area (Å²) in [6.07, 6.45) is 1.76. The molecule has 0 atom stereocenters. The van der Waals surface area contributed by atoms with E-state index in [-0.39, 0.29) is 18.2 Å². The summed E-state index contributed by atoms with van der Waals surface area (Å²) in [5, 5.41) is 5.59. The lowest BCUT2D eigenvalue weighted by Gasteiger charge is -2.10. The van der Waals surface area contributed by atoms with Crippen LogP contribution in [0.1, 0.15) is 15.2 Å². The number of fused-ring (bicyclic) bond motifs is 1. The highest BCUT2D eigenvalue weighted by Crippen LogP contribution is 2.26. The molecule has 0 spiro atoms. The van der Waals surface area contributed by atoms with Crippen molar-refractivity contribution in [1.29, 1.82) is 0 Å². The van der Waals surface area contributed by atoms with Crippen LogP contribution >= 0.6 is 11.3 Å². The van der Waals surface area contributed by atoms with E-state index in [1.54, 1.807) is 30.0 Å². The van der Waals surface area contributed by atoms with Gasteiger partial charge >= 0.3 is 0 Å². The zero-order valence-electron chi connectivity index (χ0n) is 15.2. The highest BCUT2D eigenvalue weighted by atomic mass is 32.1. The van der Waals surface area contributed by atoms with Gasteiger partial charge in [-0.1, -0.05) is 36.4 Å². The first-order chi connectivity index (χ1) is 13.7. The van der Waals surface area contributed by atoms with Gasteiger partial charge in [-0.3, -0.25) is 9.59 Å². The zero-order chi connectivity index (χ0) is 19.5. The van der Waals surface area contributed by atoms with Crippen LogP contribution in [0.2, 0.25) is 0 Å². The largest absolute Gasteiger partial charge is 0.495 e. The molecular formula is C22H18N2O3S. The summed E-state index contributed by atoms with van der Waals surface area (Å²) < 4.78 is 7.09. The van der Waals surface area contributed by atoms with E-state index in [0.717, 1.165) is 10.9 Å². The topological polar surface area (TPSA) is 60.3 Å². The first kappa shape index (κ1) is 18.0. The van der Waals surface area contributed by atoms with Gasteiger partial charge in [-0.05, 0) is 29.6 Å². The molecule has 2 aromatic carbocycles. The second-order valence-electron chi connectivity index (χ2n) is 6.24. The summed E-state index contributed by atoms with van der Waals surface area (Å²) in [5.74, 6) is 0.372. The molecule has 0 aliphatic carbocycles. The van der Waals surface area contributed by atoms with Crippen molar-refractivity contribution in [2.45, 2.75) is 6.54 Å². The number of carbonyl (C=O) groups is 2. The molecule has 140 valence electrons. The summed E-state index contributed by atoms with van der Waals surface area (Å²) in [6.45, 7) is 0.0935. The fourth-order valence-corrected chi connectivity index (χ4v) is 3.87. The van der Waals surface area contributed by atoms with Crippen LogP contribution < -0.4 is 10.1 Å². The Kier molecular flexibility index (Phi) is 4.95. The van der Waals surface area contributed by atoms with Crippen LogP contribution in [-0.4, -0.2) is 23.4 Å². The molecule has 1 amide bonds. The Hall–Kier alpha value is -3.38. The summed E-state index contributed by atoms with van der Waals surface area (Å²) in [7, 11) is 1.56. The van der Waals surface area contributed by atoms with Crippen molar-refractivity contribution >= 4 is 39.6 Å². The van der Waals surface area contributed by atoms with Crippen molar-refractivity contribution in [2.75, 3.05) is 12.4 Å². The van der Waals surface area contributed by atoms with Crippen molar-refractivity contribution in [3.05, 3.63) is 82.7 Å². The smallest absolute Gasteiger partial charge is 0.244 e. The van der Waals surface area contributed by atoms with Crippen LogP contribution in [0.3, 0.4) is 0 Å². The lowest BCUT2D eigenvalue weighted by molar-refractivity contribution is -0.116. The van der Waals surface area contributed by atoms with Crippen molar-refractivity contribution in [1.82, 2.24) is 4.57 Å². The van der Waals surface area contributed by atoms with Crippen LogP contribution in [0.15, 0.2) is 72.2 Å². The SMILES string of the molecule is COc1ccccc1NC(=O)Cn1cc(C(=O)c2cccs2)c2ccccc21. The van der Waals surface area contributed by atoms with E-state index in [9.17, 15) is 9.59 Å². The average Bonchev–Trinajstić information content (AvgIpc) is 3.37. The van der Waals surface area contributed by atoms with Gasteiger partial charge in [0.1, 0.15) is 12.3 Å². The van der Waals surface area contributed by atoms with E-state index in [2.05, 4.69) is 5.32 Å². The number of thiophene rings is 1. The van der Waals surface area contributed by atoms with E-state index >= 15 is 0 Å². The summed E-state index contributed by atoms with van der Waals surface area (Å²) >= 11 is 1.41. The first-order valence-electron chi connectivity index (χ1n) is 8.76. The van der Waals surface area contributed by atoms with Gasteiger partial charge in [0.25, 0.3) is 0 Å². The number of anilines is 1. The van der Waals surface area contributed by atoms with Gasteiger partial charge in [0, 0.05) is 22.7 Å². The molecule has 2 aromatic heterocycles. The van der Waals surface area contributed by atoms with Gasteiger partial charge in [0.15, 0.2) is 0 Å². The Labute approximate surface area is 166 Å². The Morgan fingerprint density at radius 1 is 1.04 bits per heavy atom. The molecule has 0 aliphatic heterocycles. The fourth-order valence-electron chi connectivity index (χ4n) is 3.19. The zero-order valence-corrected chi connectivity index (χ0v) is 16.0. The van der Waals surface area contributed by atoms with Gasteiger partial charge in [0.05, 0.1) is 17.7 Å². The van der Waals surface area contributed by atoms with Crippen LogP contribution in [0.5, 0.6) is 5.75 Å². The van der Waals surface area contributed by atoms with Crippen LogP contribution in [-0.2, 0) is 11.3 Å². The summed E-state index contributed by atoms with van der Waals surface area (Å²) in [6, 6.07) is 18.5. The Morgan fingerprint density at radius 3 is 2.61 bits per heavy atom. The van der Waals surface area contributed by atoms with Crippen LogP contribution in [0.25, 0.3) is 10.9 Å². The van der Waals surface area contributed by atoms with Crippen molar-refractivity contribution in [3.63, 3.8) is 0 Å². The maximum atomic E-state index is 12.9. The number of nitrogens with zero attached hydrogens (tertiary/aromatic N) is 1. The van der Waals surface area contributed by atoms with E-state index in [0.29, 0.717) is 21.9 Å². The third kappa shape index (κ3) is 3.42. The van der Waals surface area contributed by atoms with Gasteiger partial charge in [0.2, 0.25) is 11.7 Å². The molecule has 0 fully saturated rings. The maximum Gasteiger partial charge on any atom is 0.244 e. The minimum absolute atomic E-state index is 0.0323. The number of hydrogen-bond donors (Lipinski definition) is 1. The number of amides is 1. The molecule has 0 saturated heterocycles. The number of aromatic nitrogens is 1. The molecule has 0 saturated carbocycles. The molecule has 1 N–H and O–H groups in total. The molecule has 28 heavy (non-hydrogen) atoms. The number of ether oxygens (including phenoxy) is 1. The molecule has 4 rings (SSSR count). The Bertz CT molecular complexity index is 1150. The lowest BCUT2D eigenvalue weighted by atomic mass is 10.1. The number of methoxy groups -OCH3 is 1. The third-order valence-corrected chi connectivity index (χ3v) is 5.34. The van der Waals surface area contributed by atoms with E-state index in [4.69, 9.17) is 4.74 Å². The van der Waals surface area contributed by atoms with Gasteiger partial charge in [-0.25, -0.2) is 0 Å². The molecule has 6 heteroatoms. The number of hydrogen-bond acceptors (Lipinski definition) is 4. The summed E-state index contributed by atoms with van der Waals surface area (Å²) in [5.41, 5.74) is 2.06. The molecule has 0 radical (unpaired) electrons. The minimum atomic E-state index is -0.194. The highest BCUT2D eigenvalue weighted by Gasteiger charge is 2.18. The molecule has 2 heterocycles. The number of para-hydroxylation sites is 3. The number of benzene rings is 2. The minimum Gasteiger partial charge on any atom is -0.495 e. The lowest BCUT2D eigenvalue weighted by Crippen LogP contribution is -2.18. The molecular weight excluding hydrogens is 372 g/mol. The molecule has 0 unspecified atom stereocenters. The Morgan fingerprint density at radius 2 is 1.82 bits per heavy atom. The fraction of sp³-hybridized carbons (Fsp3) is 0.0909. The predicted octanol–water partition coefficient (Wildman–Crippen LogP) is 4.58. The van der Waals surface area contributed by atoms with Crippen molar-refractivity contribution in [2.24, 2.45) is 0 Å². The van der Waals surface area contributed by atoms with Gasteiger partial charge in [-0.15, -0.1) is 11.3 Å². The second kappa shape index (κ2) is 7.70. The molecule has 0 aliphatic rings. The number of ketones is 1. The predicted molar refractivity (Wildman–Crippen MR) is 111 cm³/mol. The molecule has 0 bridgehead atoms. The quantitative estimate of drug-likeness (QED) is 0.490. The first-order valence-corrected chi connectivity index (χ1v) is 9.64. The van der Waals surface area contributed by atoms with Gasteiger partial charge in [-0.2, -0.15) is 0 Å². The van der Waals surface area contributed by atoms with E-state index in [1.165, 1.54) is 11.3 Å². The number of carbonyl (C=O) groups excluding carboxylic acids is 2. The van der Waals surface area contributed by atoms with E-state index < -0.39 is 0 Å². The summed E-state index contributed by atoms with van der Waals surface area (Å²) in [4.78, 5) is 26.2. The third-order valence-electron chi connectivity index (χ3n) is 4.47. The van der Waals surface area contributed by atoms with Crippen molar-refractivity contribution in [3.8, 4) is 5.75 Å². The highest BCUT2D eigenvalue weighted by molar-refractivity contribution is 7.12. The second-order valence-corrected chi connectivity index (χ2v) is 7.19. The molecule has 5 nitrogen and oxygen atoms in total. The van der Waals surface area contributed by atoms with E-state index in [1.807, 2.05) is 53.9 Å².